The van der Waals surface area contributed by atoms with E-state index in [1.165, 1.54) is 0 Å². The van der Waals surface area contributed by atoms with Crippen LogP contribution in [0.5, 0.6) is 11.5 Å². The Morgan fingerprint density at radius 2 is 1.67 bits per heavy atom. The van der Waals surface area contributed by atoms with Crippen LogP contribution < -0.4 is 9.47 Å². The summed E-state index contributed by atoms with van der Waals surface area (Å²) < 4.78 is 12.8. The fourth-order valence-corrected chi connectivity index (χ4v) is 2.90. The lowest BCUT2D eigenvalue weighted by Crippen LogP contribution is -2.28. The van der Waals surface area contributed by atoms with Crippen LogP contribution in [0.3, 0.4) is 0 Å². The minimum Gasteiger partial charge on any atom is -0.454 e. The summed E-state index contributed by atoms with van der Waals surface area (Å²) >= 11 is 0. The third-order valence-electron chi connectivity index (χ3n) is 4.00. The smallest absolute Gasteiger partial charge is 0.256 e. The Morgan fingerprint density at radius 1 is 1.00 bits per heavy atom. The highest BCUT2D eigenvalue weighted by Gasteiger charge is 2.26. The predicted molar refractivity (Wildman–Crippen MR) is 77.0 cm³/mol. The Hall–Kier alpha value is -2.43. The molecule has 4 rings (SSSR count). The Kier molecular flexibility index (Phi) is 2.84. The molecule has 2 aliphatic heterocycles. The number of amides is 1. The molecule has 21 heavy (non-hydrogen) atoms. The van der Waals surface area contributed by atoms with Crippen LogP contribution >= 0.6 is 0 Å². The molecular weight excluding hydrogens is 268 g/mol. The van der Waals surface area contributed by atoms with Crippen molar-refractivity contribution in [3.8, 4) is 17.2 Å². The lowest BCUT2D eigenvalue weighted by molar-refractivity contribution is 0.0792. The molecule has 0 aliphatic carbocycles. The van der Waals surface area contributed by atoms with E-state index in [1.807, 2.05) is 40.1 Å². The van der Waals surface area contributed by atoms with Gasteiger partial charge in [0.05, 0.1) is 11.3 Å². The first kappa shape index (κ1) is 12.3. The zero-order chi connectivity index (χ0) is 14.2. The molecule has 1 aromatic heterocycles. The summed E-state index contributed by atoms with van der Waals surface area (Å²) in [7, 11) is 0. The Morgan fingerprint density at radius 3 is 2.38 bits per heavy atom. The zero-order valence-corrected chi connectivity index (χ0v) is 11.6. The maximum atomic E-state index is 12.8. The second kappa shape index (κ2) is 4.84. The number of nitrogens with zero attached hydrogens (tertiary/aromatic N) is 2. The van der Waals surface area contributed by atoms with E-state index in [0.717, 1.165) is 31.6 Å². The fraction of sp³-hybridized carbons (Fsp3) is 0.312. The molecule has 1 amide bonds. The Labute approximate surface area is 122 Å². The lowest BCUT2D eigenvalue weighted by Gasteiger charge is -2.18. The molecule has 0 unspecified atom stereocenters. The van der Waals surface area contributed by atoms with Crippen LogP contribution in [0, 0.1) is 0 Å². The summed E-state index contributed by atoms with van der Waals surface area (Å²) in [4.78, 5) is 14.7. The molecule has 108 valence electrons. The molecule has 1 aromatic carbocycles. The maximum Gasteiger partial charge on any atom is 0.256 e. The van der Waals surface area contributed by atoms with Gasteiger partial charge in [0.2, 0.25) is 6.79 Å². The van der Waals surface area contributed by atoms with Crippen molar-refractivity contribution in [2.45, 2.75) is 12.8 Å². The van der Waals surface area contributed by atoms with Gasteiger partial charge in [-0.15, -0.1) is 0 Å². The highest BCUT2D eigenvalue weighted by molar-refractivity contribution is 5.99. The summed E-state index contributed by atoms with van der Waals surface area (Å²) in [6.07, 6.45) is 6.01. The van der Waals surface area contributed by atoms with Gasteiger partial charge in [0.1, 0.15) is 0 Å². The van der Waals surface area contributed by atoms with Crippen LogP contribution in [0.1, 0.15) is 23.2 Å². The number of rotatable bonds is 2. The predicted octanol–water partition coefficient (Wildman–Crippen LogP) is 2.44. The van der Waals surface area contributed by atoms with Crippen molar-refractivity contribution in [2.75, 3.05) is 19.9 Å². The number of likely N-dealkylation sites (tertiary alicyclic amines) is 1. The summed E-state index contributed by atoms with van der Waals surface area (Å²) in [5.41, 5.74) is 1.50. The first-order valence-electron chi connectivity index (χ1n) is 7.19. The third-order valence-corrected chi connectivity index (χ3v) is 4.00. The van der Waals surface area contributed by atoms with E-state index in [2.05, 4.69) is 0 Å². The second-order valence-electron chi connectivity index (χ2n) is 5.31. The number of hydrogen-bond donors (Lipinski definition) is 0. The quantitative estimate of drug-likeness (QED) is 0.850. The minimum atomic E-state index is 0.0644. The summed E-state index contributed by atoms with van der Waals surface area (Å²) in [5, 5.41) is 0. The van der Waals surface area contributed by atoms with Crippen LogP contribution in [0.2, 0.25) is 0 Å². The van der Waals surface area contributed by atoms with Gasteiger partial charge in [-0.3, -0.25) is 4.79 Å². The average molecular weight is 284 g/mol. The zero-order valence-electron chi connectivity index (χ0n) is 11.6. The highest BCUT2D eigenvalue weighted by atomic mass is 16.7. The van der Waals surface area contributed by atoms with Crippen molar-refractivity contribution in [1.29, 1.82) is 0 Å². The molecule has 0 bridgehead atoms. The molecule has 0 saturated carbocycles. The number of aromatic nitrogens is 1. The van der Waals surface area contributed by atoms with Crippen LogP contribution in [0.4, 0.5) is 0 Å². The van der Waals surface area contributed by atoms with Gasteiger partial charge in [0.15, 0.2) is 11.5 Å². The molecule has 0 N–H and O–H groups in total. The van der Waals surface area contributed by atoms with E-state index < -0.39 is 0 Å². The van der Waals surface area contributed by atoms with Gasteiger partial charge in [-0.05, 0) is 31.0 Å². The van der Waals surface area contributed by atoms with Crippen LogP contribution in [-0.2, 0) is 0 Å². The number of fused-ring (bicyclic) bond motifs is 1. The number of hydrogen-bond acceptors (Lipinski definition) is 3. The van der Waals surface area contributed by atoms with Crippen molar-refractivity contribution in [2.24, 2.45) is 0 Å². The van der Waals surface area contributed by atoms with E-state index in [4.69, 9.17) is 9.47 Å². The number of carbonyl (C=O) groups excluding carboxylic acids is 1. The first-order valence-corrected chi connectivity index (χ1v) is 7.19. The molecular formula is C16H16N2O3. The maximum absolute atomic E-state index is 12.8. The van der Waals surface area contributed by atoms with Crippen molar-refractivity contribution >= 4 is 5.91 Å². The van der Waals surface area contributed by atoms with Crippen LogP contribution in [0.15, 0.2) is 36.7 Å². The average Bonchev–Trinajstić information content (AvgIpc) is 3.25. The van der Waals surface area contributed by atoms with E-state index >= 15 is 0 Å². The number of benzene rings is 1. The van der Waals surface area contributed by atoms with Gasteiger partial charge in [0, 0.05) is 31.5 Å². The van der Waals surface area contributed by atoms with Gasteiger partial charge in [0.25, 0.3) is 5.91 Å². The standard InChI is InChI=1S/C16H16N2O3/c19-16(18-7-3-4-8-18)12-9-14-15(21-11-20-14)10-13(12)17-5-1-2-6-17/h1-2,5-6,9-10H,3-4,7-8,11H2. The topological polar surface area (TPSA) is 43.7 Å². The van der Waals surface area contributed by atoms with Crippen LogP contribution in [-0.4, -0.2) is 35.3 Å². The third kappa shape index (κ3) is 2.05. The van der Waals surface area contributed by atoms with E-state index in [1.54, 1.807) is 6.07 Å². The number of carbonyl (C=O) groups is 1. The molecule has 5 nitrogen and oxygen atoms in total. The molecule has 1 saturated heterocycles. The highest BCUT2D eigenvalue weighted by Crippen LogP contribution is 2.37. The Balaban J connectivity index is 1.82. The Bertz CT molecular complexity index is 673. The normalized spacial score (nSPS) is 16.5. The SMILES string of the molecule is O=C(c1cc2c(cc1-n1cccc1)OCO2)N1CCCC1. The van der Waals surface area contributed by atoms with Crippen LogP contribution in [0.25, 0.3) is 5.69 Å². The van der Waals surface area contributed by atoms with E-state index in [0.29, 0.717) is 17.1 Å². The largest absolute Gasteiger partial charge is 0.454 e. The van der Waals surface area contributed by atoms with Gasteiger partial charge in [-0.25, -0.2) is 0 Å². The van der Waals surface area contributed by atoms with Crippen molar-refractivity contribution in [3.05, 3.63) is 42.2 Å². The van der Waals surface area contributed by atoms with Crippen molar-refractivity contribution in [3.63, 3.8) is 0 Å². The molecule has 0 radical (unpaired) electrons. The van der Waals surface area contributed by atoms with E-state index in [-0.39, 0.29) is 12.7 Å². The molecule has 2 aliphatic rings. The molecule has 1 fully saturated rings. The summed E-state index contributed by atoms with van der Waals surface area (Å²) in [6.45, 7) is 1.87. The number of ether oxygens (including phenoxy) is 2. The lowest BCUT2D eigenvalue weighted by atomic mass is 10.1. The molecule has 3 heterocycles. The monoisotopic (exact) mass is 284 g/mol. The van der Waals surface area contributed by atoms with Gasteiger partial charge in [-0.2, -0.15) is 0 Å². The van der Waals surface area contributed by atoms with Crippen molar-refractivity contribution in [1.82, 2.24) is 9.47 Å². The molecule has 0 atom stereocenters. The molecule has 5 heteroatoms. The molecule has 0 spiro atoms. The van der Waals surface area contributed by atoms with Gasteiger partial charge < -0.3 is 18.9 Å². The summed E-state index contributed by atoms with van der Waals surface area (Å²) in [6, 6.07) is 7.56. The van der Waals surface area contributed by atoms with Crippen molar-refractivity contribution < 1.29 is 14.3 Å². The minimum absolute atomic E-state index is 0.0644. The second-order valence-corrected chi connectivity index (χ2v) is 5.31. The van der Waals surface area contributed by atoms with E-state index in [9.17, 15) is 4.79 Å². The first-order chi connectivity index (χ1) is 10.3. The molecule has 2 aromatic rings. The van der Waals surface area contributed by atoms with Gasteiger partial charge in [-0.1, -0.05) is 0 Å². The van der Waals surface area contributed by atoms with Gasteiger partial charge >= 0.3 is 0 Å². The fourth-order valence-electron chi connectivity index (χ4n) is 2.90. The summed E-state index contributed by atoms with van der Waals surface area (Å²) in [5.74, 6) is 1.40.